The molecule has 2 aromatic rings. The Morgan fingerprint density at radius 3 is 2.87 bits per heavy atom. The van der Waals surface area contributed by atoms with Gasteiger partial charge in [0.05, 0.1) is 0 Å². The van der Waals surface area contributed by atoms with Crippen LogP contribution in [0.4, 0.5) is 5.82 Å². The molecule has 2 heterocycles. The maximum Gasteiger partial charge on any atom is 0.131 e. The van der Waals surface area contributed by atoms with Crippen LogP contribution < -0.4 is 20.9 Å². The van der Waals surface area contributed by atoms with E-state index < -0.39 is 0 Å². The Hall–Kier alpha value is -2.27. The maximum atomic E-state index is 6.06. The van der Waals surface area contributed by atoms with E-state index in [1.807, 2.05) is 24.3 Å². The molecule has 4 N–H and O–H groups in total. The minimum atomic E-state index is 0.0403. The van der Waals surface area contributed by atoms with E-state index in [2.05, 4.69) is 18.8 Å². The van der Waals surface area contributed by atoms with Crippen molar-refractivity contribution in [2.45, 2.75) is 32.9 Å². The molecule has 5 nitrogen and oxygen atoms in total. The average molecular weight is 313 g/mol. The van der Waals surface area contributed by atoms with Crippen molar-refractivity contribution in [2.24, 2.45) is 11.7 Å². The smallest absolute Gasteiger partial charge is 0.131 e. The molecule has 0 radical (unpaired) electrons. The van der Waals surface area contributed by atoms with E-state index in [0.29, 0.717) is 24.9 Å². The molecule has 0 saturated heterocycles. The van der Waals surface area contributed by atoms with Gasteiger partial charge in [-0.25, -0.2) is 4.98 Å². The first-order valence-corrected chi connectivity index (χ1v) is 7.93. The standard InChI is InChI=1S/C18H23N3O2/c1-11(2)7-12(19)9-22-13-3-4-15-14-5-6-21-18(20)16(14)10-23-17(15)8-13/h3-6,8,11-12H,7,9-10,19H2,1-2H3,(H2,20,21). The van der Waals surface area contributed by atoms with Crippen LogP contribution in [0.25, 0.3) is 11.1 Å². The summed E-state index contributed by atoms with van der Waals surface area (Å²) in [6.07, 6.45) is 2.67. The van der Waals surface area contributed by atoms with Crippen LogP contribution in [0.15, 0.2) is 30.5 Å². The first-order chi connectivity index (χ1) is 11.0. The number of hydrogen-bond acceptors (Lipinski definition) is 5. The first kappa shape index (κ1) is 15.6. The number of nitrogen functional groups attached to an aromatic ring is 1. The molecule has 122 valence electrons. The van der Waals surface area contributed by atoms with Crippen molar-refractivity contribution in [3.05, 3.63) is 36.0 Å². The maximum absolute atomic E-state index is 6.06. The number of nitrogens with two attached hydrogens (primary N) is 2. The minimum Gasteiger partial charge on any atom is -0.492 e. The highest BCUT2D eigenvalue weighted by atomic mass is 16.5. The fourth-order valence-corrected chi connectivity index (χ4v) is 2.87. The SMILES string of the molecule is CC(C)CC(N)COc1ccc2c(c1)OCc1c-2ccnc1N. The Labute approximate surface area is 136 Å². The summed E-state index contributed by atoms with van der Waals surface area (Å²) in [7, 11) is 0. The van der Waals surface area contributed by atoms with E-state index in [9.17, 15) is 0 Å². The van der Waals surface area contributed by atoms with Crippen molar-refractivity contribution in [2.75, 3.05) is 12.3 Å². The highest BCUT2D eigenvalue weighted by Crippen LogP contribution is 2.40. The van der Waals surface area contributed by atoms with E-state index in [4.69, 9.17) is 20.9 Å². The predicted octanol–water partition coefficient (Wildman–Crippen LogP) is 2.98. The number of aromatic nitrogens is 1. The molecule has 1 aliphatic heterocycles. The molecular weight excluding hydrogens is 290 g/mol. The van der Waals surface area contributed by atoms with Crippen molar-refractivity contribution in [3.8, 4) is 22.6 Å². The van der Waals surface area contributed by atoms with Gasteiger partial charge >= 0.3 is 0 Å². The zero-order valence-corrected chi connectivity index (χ0v) is 13.6. The van der Waals surface area contributed by atoms with Crippen LogP contribution in [0, 0.1) is 5.92 Å². The summed E-state index contributed by atoms with van der Waals surface area (Å²) in [5.41, 5.74) is 15.0. The van der Waals surface area contributed by atoms with Gasteiger partial charge in [-0.3, -0.25) is 0 Å². The monoisotopic (exact) mass is 313 g/mol. The Morgan fingerprint density at radius 2 is 2.09 bits per heavy atom. The molecule has 1 aromatic carbocycles. The molecule has 0 spiro atoms. The second kappa shape index (κ2) is 6.46. The van der Waals surface area contributed by atoms with E-state index in [0.717, 1.165) is 34.6 Å². The summed E-state index contributed by atoms with van der Waals surface area (Å²) in [5.74, 6) is 2.66. The number of pyridine rings is 1. The van der Waals surface area contributed by atoms with Crippen molar-refractivity contribution in [3.63, 3.8) is 0 Å². The quantitative estimate of drug-likeness (QED) is 0.886. The summed E-state index contributed by atoms with van der Waals surface area (Å²) in [6, 6.07) is 7.85. The van der Waals surface area contributed by atoms with Gasteiger partial charge in [0.1, 0.15) is 30.5 Å². The zero-order valence-electron chi connectivity index (χ0n) is 13.6. The Kier molecular flexibility index (Phi) is 4.39. The van der Waals surface area contributed by atoms with E-state index in [1.165, 1.54) is 0 Å². The lowest BCUT2D eigenvalue weighted by molar-refractivity contribution is 0.266. The molecular formula is C18H23N3O2. The summed E-state index contributed by atoms with van der Waals surface area (Å²) >= 11 is 0. The van der Waals surface area contributed by atoms with Crippen LogP contribution in [0.1, 0.15) is 25.8 Å². The second-order valence-corrected chi connectivity index (χ2v) is 6.37. The number of anilines is 1. The van der Waals surface area contributed by atoms with E-state index >= 15 is 0 Å². The third-order valence-corrected chi connectivity index (χ3v) is 3.94. The zero-order chi connectivity index (χ0) is 16.4. The predicted molar refractivity (Wildman–Crippen MR) is 91.3 cm³/mol. The molecule has 1 unspecified atom stereocenters. The van der Waals surface area contributed by atoms with Gasteiger partial charge in [-0.15, -0.1) is 0 Å². The molecule has 1 aromatic heterocycles. The van der Waals surface area contributed by atoms with Gasteiger partial charge in [0.25, 0.3) is 0 Å². The van der Waals surface area contributed by atoms with Gasteiger partial charge in [-0.05, 0) is 36.1 Å². The van der Waals surface area contributed by atoms with Crippen molar-refractivity contribution < 1.29 is 9.47 Å². The normalized spacial score (nSPS) is 13.9. The molecule has 0 amide bonds. The second-order valence-electron chi connectivity index (χ2n) is 6.37. The van der Waals surface area contributed by atoms with Crippen molar-refractivity contribution in [1.29, 1.82) is 0 Å². The van der Waals surface area contributed by atoms with Gasteiger partial charge in [0, 0.05) is 29.4 Å². The average Bonchev–Trinajstić information content (AvgIpc) is 2.52. The number of fused-ring (bicyclic) bond motifs is 3. The lowest BCUT2D eigenvalue weighted by atomic mass is 9.98. The largest absolute Gasteiger partial charge is 0.492 e. The number of benzene rings is 1. The van der Waals surface area contributed by atoms with Crippen LogP contribution in [-0.2, 0) is 6.61 Å². The van der Waals surface area contributed by atoms with Gasteiger partial charge in [-0.1, -0.05) is 13.8 Å². The van der Waals surface area contributed by atoms with Gasteiger partial charge < -0.3 is 20.9 Å². The van der Waals surface area contributed by atoms with Crippen LogP contribution in [0.2, 0.25) is 0 Å². The molecule has 5 heteroatoms. The minimum absolute atomic E-state index is 0.0403. The first-order valence-electron chi connectivity index (χ1n) is 7.93. The van der Waals surface area contributed by atoms with Crippen LogP contribution in [-0.4, -0.2) is 17.6 Å². The molecule has 23 heavy (non-hydrogen) atoms. The number of hydrogen-bond donors (Lipinski definition) is 2. The third kappa shape index (κ3) is 3.40. The molecule has 0 saturated carbocycles. The van der Waals surface area contributed by atoms with Gasteiger partial charge in [0.2, 0.25) is 0 Å². The summed E-state index contributed by atoms with van der Waals surface area (Å²) in [5, 5.41) is 0. The van der Waals surface area contributed by atoms with Crippen molar-refractivity contribution >= 4 is 5.82 Å². The lowest BCUT2D eigenvalue weighted by Crippen LogP contribution is -2.29. The molecule has 3 rings (SSSR count). The fourth-order valence-electron chi connectivity index (χ4n) is 2.87. The molecule has 0 aliphatic carbocycles. The Bertz CT molecular complexity index is 701. The molecule has 0 fully saturated rings. The van der Waals surface area contributed by atoms with Crippen LogP contribution in [0.5, 0.6) is 11.5 Å². The molecule has 1 atom stereocenters. The lowest BCUT2D eigenvalue weighted by Gasteiger charge is -2.22. The Morgan fingerprint density at radius 1 is 1.26 bits per heavy atom. The Balaban J connectivity index is 1.76. The number of ether oxygens (including phenoxy) is 2. The van der Waals surface area contributed by atoms with Crippen LogP contribution >= 0.6 is 0 Å². The third-order valence-electron chi connectivity index (χ3n) is 3.94. The van der Waals surface area contributed by atoms with Gasteiger partial charge in [-0.2, -0.15) is 0 Å². The number of nitrogens with zero attached hydrogens (tertiary/aromatic N) is 1. The molecule has 0 bridgehead atoms. The number of rotatable bonds is 5. The van der Waals surface area contributed by atoms with Crippen LogP contribution in [0.3, 0.4) is 0 Å². The summed E-state index contributed by atoms with van der Waals surface area (Å²) in [6.45, 7) is 5.25. The molecule has 1 aliphatic rings. The van der Waals surface area contributed by atoms with E-state index in [1.54, 1.807) is 6.20 Å². The topological polar surface area (TPSA) is 83.4 Å². The summed E-state index contributed by atoms with van der Waals surface area (Å²) < 4.78 is 11.6. The highest BCUT2D eigenvalue weighted by Gasteiger charge is 2.20. The highest BCUT2D eigenvalue weighted by molar-refractivity contribution is 5.78. The van der Waals surface area contributed by atoms with Crippen molar-refractivity contribution in [1.82, 2.24) is 4.98 Å². The summed E-state index contributed by atoms with van der Waals surface area (Å²) in [4.78, 5) is 4.11. The fraction of sp³-hybridized carbons (Fsp3) is 0.389. The van der Waals surface area contributed by atoms with Gasteiger partial charge in [0.15, 0.2) is 0 Å². The van der Waals surface area contributed by atoms with E-state index in [-0.39, 0.29) is 6.04 Å².